The summed E-state index contributed by atoms with van der Waals surface area (Å²) in [7, 11) is 1.77. The van der Waals surface area contributed by atoms with E-state index in [9.17, 15) is 14.8 Å². The number of ether oxygens (including phenoxy) is 3. The molecule has 1 aromatic heterocycles. The molecular formula is C43H52FN7O4. The zero-order valence-corrected chi connectivity index (χ0v) is 31.8. The Morgan fingerprint density at radius 3 is 2.75 bits per heavy atom. The topological polar surface area (TPSA) is 110 Å². The number of hydrogen-bond acceptors (Lipinski definition) is 11. The number of anilines is 1. The molecule has 11 nitrogen and oxygen atoms in total. The summed E-state index contributed by atoms with van der Waals surface area (Å²) >= 11 is 0. The molecule has 5 atom stereocenters. The third kappa shape index (κ3) is 7.76. The number of piperidine rings is 1. The van der Waals surface area contributed by atoms with Gasteiger partial charge in [-0.1, -0.05) is 42.3 Å². The van der Waals surface area contributed by atoms with Crippen LogP contribution in [0.1, 0.15) is 67.7 Å². The van der Waals surface area contributed by atoms with Gasteiger partial charge in [-0.15, -0.1) is 6.42 Å². The van der Waals surface area contributed by atoms with Gasteiger partial charge in [-0.3, -0.25) is 14.7 Å². The molecule has 12 heteroatoms. The highest BCUT2D eigenvalue weighted by Crippen LogP contribution is 2.43. The number of benzene rings is 2. The van der Waals surface area contributed by atoms with Gasteiger partial charge in [0, 0.05) is 81.9 Å². The Kier molecular flexibility index (Phi) is 11.2. The molecule has 0 bridgehead atoms. The summed E-state index contributed by atoms with van der Waals surface area (Å²) in [6.07, 6.45) is 14.2. The summed E-state index contributed by atoms with van der Waals surface area (Å²) in [5.41, 5.74) is 2.38. The van der Waals surface area contributed by atoms with Gasteiger partial charge in [-0.05, 0) is 62.6 Å². The molecule has 4 fully saturated rings. The quantitative estimate of drug-likeness (QED) is 0.211. The van der Waals surface area contributed by atoms with E-state index in [1.807, 2.05) is 35.3 Å². The molecule has 0 amide bonds. The normalized spacial score (nSPS) is 27.1. The lowest BCUT2D eigenvalue weighted by Gasteiger charge is -2.43. The van der Waals surface area contributed by atoms with Crippen LogP contribution in [0.15, 0.2) is 48.6 Å². The second-order valence-electron chi connectivity index (χ2n) is 15.8. The lowest BCUT2D eigenvalue weighted by molar-refractivity contribution is 0.00357. The number of fused-ring (bicyclic) bond motifs is 3. The predicted molar refractivity (Wildman–Crippen MR) is 209 cm³/mol. The van der Waals surface area contributed by atoms with Crippen LogP contribution in [0.4, 0.5) is 10.2 Å². The average molecular weight is 750 g/mol. The Morgan fingerprint density at radius 2 is 1.95 bits per heavy atom. The first-order valence-corrected chi connectivity index (χ1v) is 19.9. The summed E-state index contributed by atoms with van der Waals surface area (Å²) in [6.45, 7) is 5.93. The monoisotopic (exact) mass is 749 g/mol. The SMILES string of the molecule is C#Cc1cccc2cccc(C3CCc4c(nc(OC[C@@]56CCCN5C[C@H](F)C6)nc4N4CCN(C(O)/C=C/CN5CCC(OC)CC5)[C@@H](CC#N)C4)O3)c12. The van der Waals surface area contributed by atoms with E-state index >= 15 is 0 Å². The smallest absolute Gasteiger partial charge is 0.321 e. The van der Waals surface area contributed by atoms with Crippen LogP contribution in [0.25, 0.3) is 10.8 Å². The second kappa shape index (κ2) is 16.4. The molecule has 5 aliphatic rings. The first kappa shape index (κ1) is 37.6. The number of hydrogen-bond donors (Lipinski definition) is 1. The summed E-state index contributed by atoms with van der Waals surface area (Å²) in [4.78, 5) is 18.7. The van der Waals surface area contributed by atoms with E-state index in [1.165, 1.54) is 0 Å². The van der Waals surface area contributed by atoms with Gasteiger partial charge >= 0.3 is 6.01 Å². The Morgan fingerprint density at radius 1 is 1.11 bits per heavy atom. The maximum absolute atomic E-state index is 14.7. The van der Waals surface area contributed by atoms with Crippen molar-refractivity contribution in [2.75, 3.05) is 71.0 Å². The molecule has 2 unspecified atom stereocenters. The molecule has 290 valence electrons. The van der Waals surface area contributed by atoms with Crippen LogP contribution in [0.3, 0.4) is 0 Å². The molecule has 0 radical (unpaired) electrons. The molecule has 2 aromatic carbocycles. The fraction of sp³-hybridized carbons (Fsp3) is 0.558. The van der Waals surface area contributed by atoms with E-state index < -0.39 is 12.4 Å². The molecule has 4 saturated heterocycles. The van der Waals surface area contributed by atoms with Crippen molar-refractivity contribution in [3.63, 3.8) is 0 Å². The molecule has 0 spiro atoms. The number of rotatable bonds is 11. The zero-order valence-electron chi connectivity index (χ0n) is 31.8. The number of nitrogens with zero attached hydrogens (tertiary/aromatic N) is 7. The highest BCUT2D eigenvalue weighted by atomic mass is 19.1. The second-order valence-corrected chi connectivity index (χ2v) is 15.8. The minimum atomic E-state index is -0.867. The van der Waals surface area contributed by atoms with Gasteiger partial charge in [-0.2, -0.15) is 15.2 Å². The first-order valence-electron chi connectivity index (χ1n) is 19.9. The molecule has 0 saturated carbocycles. The minimum Gasteiger partial charge on any atom is -0.469 e. The Labute approximate surface area is 323 Å². The molecule has 1 N–H and O–H groups in total. The largest absolute Gasteiger partial charge is 0.469 e. The van der Waals surface area contributed by atoms with Gasteiger partial charge in [0.2, 0.25) is 5.88 Å². The molecule has 8 rings (SSSR count). The van der Waals surface area contributed by atoms with Gasteiger partial charge in [0.05, 0.1) is 29.7 Å². The summed E-state index contributed by atoms with van der Waals surface area (Å²) in [5, 5.41) is 23.3. The van der Waals surface area contributed by atoms with E-state index in [4.69, 9.17) is 30.6 Å². The number of terminal acetylenes is 1. The van der Waals surface area contributed by atoms with E-state index in [0.29, 0.717) is 64.0 Å². The van der Waals surface area contributed by atoms with Gasteiger partial charge in [-0.25, -0.2) is 4.39 Å². The van der Waals surface area contributed by atoms with E-state index in [2.05, 4.69) is 44.9 Å². The number of piperazine rings is 1. The van der Waals surface area contributed by atoms with Crippen LogP contribution in [-0.4, -0.2) is 126 Å². The number of methoxy groups -OCH3 is 1. The van der Waals surface area contributed by atoms with Crippen LogP contribution in [-0.2, 0) is 11.2 Å². The fourth-order valence-electron chi connectivity index (χ4n) is 9.64. The number of halogens is 1. The Bertz CT molecular complexity index is 1950. The molecule has 0 aliphatic carbocycles. The Balaban J connectivity index is 1.05. The minimum absolute atomic E-state index is 0.205. The van der Waals surface area contributed by atoms with E-state index in [0.717, 1.165) is 85.1 Å². The van der Waals surface area contributed by atoms with Crippen molar-refractivity contribution in [1.29, 1.82) is 5.26 Å². The van der Waals surface area contributed by atoms with Crippen molar-refractivity contribution >= 4 is 16.6 Å². The van der Waals surface area contributed by atoms with Crippen molar-refractivity contribution in [3.05, 3.63) is 65.2 Å². The van der Waals surface area contributed by atoms with E-state index in [1.54, 1.807) is 7.11 Å². The van der Waals surface area contributed by atoms with Crippen LogP contribution in [0.2, 0.25) is 0 Å². The Hall–Kier alpha value is -4.30. The summed E-state index contributed by atoms with van der Waals surface area (Å²) in [6, 6.07) is 14.5. The maximum atomic E-state index is 14.7. The molecule has 5 aliphatic heterocycles. The highest BCUT2D eigenvalue weighted by Gasteiger charge is 2.49. The van der Waals surface area contributed by atoms with Crippen molar-refractivity contribution < 1.29 is 23.7 Å². The summed E-state index contributed by atoms with van der Waals surface area (Å²) in [5.74, 6) is 4.05. The van der Waals surface area contributed by atoms with Gasteiger partial charge in [0.1, 0.15) is 30.9 Å². The van der Waals surface area contributed by atoms with Crippen LogP contribution in [0.5, 0.6) is 11.9 Å². The first-order chi connectivity index (χ1) is 26.9. The van der Waals surface area contributed by atoms with Gasteiger partial charge < -0.3 is 24.2 Å². The van der Waals surface area contributed by atoms with Crippen LogP contribution in [0, 0.1) is 23.7 Å². The molecule has 3 aromatic rings. The highest BCUT2D eigenvalue weighted by molar-refractivity contribution is 5.91. The average Bonchev–Trinajstić information content (AvgIpc) is 3.75. The summed E-state index contributed by atoms with van der Waals surface area (Å²) < 4.78 is 33.4. The van der Waals surface area contributed by atoms with Gasteiger partial charge in [0.15, 0.2) is 0 Å². The molecule has 6 heterocycles. The number of aliphatic hydroxyl groups is 1. The number of likely N-dealkylation sites (tertiary alicyclic amines) is 1. The number of aliphatic hydroxyl groups excluding tert-OH is 1. The van der Waals surface area contributed by atoms with Crippen molar-refractivity contribution in [3.8, 4) is 30.3 Å². The van der Waals surface area contributed by atoms with Crippen molar-refractivity contribution in [2.45, 2.75) is 87.6 Å². The standard InChI is InChI=1S/C43H52FN7O4/c1-3-30-8-4-9-31-10-5-11-35(39(30)31)37-14-13-36-40(46-42(47-41(36)55-37)54-29-43-18-7-21-50(43)27-32(44)26-43)49-24-25-51(33(28-49)15-19-45)38(52)12-6-20-48-22-16-34(53-2)17-23-48/h1,4-6,8-12,32-34,37-38,52H,7,13-18,20-29H2,2H3/b12-6+/t32-,33+,37?,38?,43+/m1/s1. The van der Waals surface area contributed by atoms with Crippen LogP contribution < -0.4 is 14.4 Å². The van der Waals surface area contributed by atoms with Crippen molar-refractivity contribution in [2.24, 2.45) is 0 Å². The third-order valence-electron chi connectivity index (χ3n) is 12.5. The number of nitriles is 1. The lowest BCUT2D eigenvalue weighted by Crippen LogP contribution is -2.56. The maximum Gasteiger partial charge on any atom is 0.321 e. The number of alkyl halides is 1. The van der Waals surface area contributed by atoms with Gasteiger partial charge in [0.25, 0.3) is 0 Å². The zero-order chi connectivity index (χ0) is 37.9. The molecular weight excluding hydrogens is 698 g/mol. The van der Waals surface area contributed by atoms with E-state index in [-0.39, 0.29) is 30.1 Å². The predicted octanol–water partition coefficient (Wildman–Crippen LogP) is 5.02. The number of aromatic nitrogens is 2. The third-order valence-corrected chi connectivity index (χ3v) is 12.5. The van der Waals surface area contributed by atoms with Crippen LogP contribution >= 0.6 is 0 Å². The van der Waals surface area contributed by atoms with Crippen molar-refractivity contribution in [1.82, 2.24) is 24.7 Å². The lowest BCUT2D eigenvalue weighted by atomic mass is 9.92. The molecule has 55 heavy (non-hydrogen) atoms. The fourth-order valence-corrected chi connectivity index (χ4v) is 9.64.